The van der Waals surface area contributed by atoms with Crippen molar-refractivity contribution in [1.82, 2.24) is 0 Å². The average Bonchev–Trinajstić information content (AvgIpc) is 2.32. The summed E-state index contributed by atoms with van der Waals surface area (Å²) in [6.07, 6.45) is 1.52. The SMILES string of the molecule is COc1ccc(OC)c2c1C(O)C=CC2O. The molecule has 1 aromatic carbocycles. The van der Waals surface area contributed by atoms with E-state index in [0.29, 0.717) is 22.6 Å². The van der Waals surface area contributed by atoms with Crippen molar-refractivity contribution in [3.8, 4) is 11.5 Å². The van der Waals surface area contributed by atoms with Gasteiger partial charge in [-0.2, -0.15) is 0 Å². The highest BCUT2D eigenvalue weighted by Crippen LogP contribution is 2.42. The molecule has 1 aliphatic rings. The van der Waals surface area contributed by atoms with E-state index in [-0.39, 0.29) is 0 Å². The number of methoxy groups -OCH3 is 2. The Kier molecular flexibility index (Phi) is 2.85. The van der Waals surface area contributed by atoms with Crippen LogP contribution in [-0.2, 0) is 0 Å². The van der Waals surface area contributed by atoms with Crippen molar-refractivity contribution in [3.05, 3.63) is 35.4 Å². The maximum Gasteiger partial charge on any atom is 0.125 e. The molecule has 2 atom stereocenters. The summed E-state index contributed by atoms with van der Waals surface area (Å²) in [5.41, 5.74) is 1.13. The molecule has 4 nitrogen and oxygen atoms in total. The topological polar surface area (TPSA) is 58.9 Å². The predicted molar refractivity (Wildman–Crippen MR) is 58.6 cm³/mol. The van der Waals surface area contributed by atoms with Crippen molar-refractivity contribution in [2.45, 2.75) is 12.2 Å². The van der Waals surface area contributed by atoms with E-state index in [1.54, 1.807) is 12.1 Å². The second kappa shape index (κ2) is 4.15. The average molecular weight is 222 g/mol. The number of ether oxygens (including phenoxy) is 2. The smallest absolute Gasteiger partial charge is 0.125 e. The zero-order chi connectivity index (χ0) is 11.7. The summed E-state index contributed by atoms with van der Waals surface area (Å²) in [5.74, 6) is 1.10. The normalized spacial score (nSPS) is 22.8. The van der Waals surface area contributed by atoms with Crippen LogP contribution in [-0.4, -0.2) is 24.4 Å². The summed E-state index contributed by atoms with van der Waals surface area (Å²) in [5, 5.41) is 19.8. The van der Waals surface area contributed by atoms with Crippen LogP contribution in [0.15, 0.2) is 24.3 Å². The summed E-state index contributed by atoms with van der Waals surface area (Å²) >= 11 is 0. The molecule has 4 heteroatoms. The summed E-state index contributed by atoms with van der Waals surface area (Å²) in [4.78, 5) is 0. The lowest BCUT2D eigenvalue weighted by atomic mass is 9.91. The van der Waals surface area contributed by atoms with Gasteiger partial charge in [-0.3, -0.25) is 0 Å². The Bertz CT molecular complexity index is 386. The molecule has 0 aromatic heterocycles. The number of benzene rings is 1. The van der Waals surface area contributed by atoms with Crippen LogP contribution in [0.4, 0.5) is 0 Å². The monoisotopic (exact) mass is 222 g/mol. The second-order valence-electron chi connectivity index (χ2n) is 3.57. The largest absolute Gasteiger partial charge is 0.496 e. The van der Waals surface area contributed by atoms with E-state index in [0.717, 1.165) is 0 Å². The van der Waals surface area contributed by atoms with Gasteiger partial charge in [-0.05, 0) is 12.1 Å². The van der Waals surface area contributed by atoms with Gasteiger partial charge in [0.2, 0.25) is 0 Å². The maximum absolute atomic E-state index is 9.88. The Balaban J connectivity index is 2.66. The highest BCUT2D eigenvalue weighted by atomic mass is 16.5. The molecule has 1 aromatic rings. The van der Waals surface area contributed by atoms with Gasteiger partial charge in [0.25, 0.3) is 0 Å². The fourth-order valence-electron chi connectivity index (χ4n) is 1.97. The molecule has 16 heavy (non-hydrogen) atoms. The third-order valence-corrected chi connectivity index (χ3v) is 2.71. The highest BCUT2D eigenvalue weighted by molar-refractivity contribution is 5.54. The van der Waals surface area contributed by atoms with Crippen molar-refractivity contribution in [3.63, 3.8) is 0 Å². The molecular weight excluding hydrogens is 208 g/mol. The van der Waals surface area contributed by atoms with E-state index in [4.69, 9.17) is 9.47 Å². The number of hydrogen-bond donors (Lipinski definition) is 2. The van der Waals surface area contributed by atoms with Crippen LogP contribution in [0.2, 0.25) is 0 Å². The molecule has 0 spiro atoms. The van der Waals surface area contributed by atoms with E-state index in [9.17, 15) is 10.2 Å². The Hall–Kier alpha value is -1.52. The first-order valence-electron chi connectivity index (χ1n) is 4.98. The molecule has 2 rings (SSSR count). The Labute approximate surface area is 93.7 Å². The fraction of sp³-hybridized carbons (Fsp3) is 0.333. The summed E-state index contributed by atoms with van der Waals surface area (Å²) < 4.78 is 10.3. The molecule has 0 saturated heterocycles. The summed E-state index contributed by atoms with van der Waals surface area (Å²) in [6, 6.07) is 3.43. The van der Waals surface area contributed by atoms with Crippen molar-refractivity contribution in [2.24, 2.45) is 0 Å². The van der Waals surface area contributed by atoms with Crippen LogP contribution in [0.3, 0.4) is 0 Å². The summed E-state index contributed by atoms with van der Waals surface area (Å²) in [6.45, 7) is 0. The van der Waals surface area contributed by atoms with Gasteiger partial charge in [0.1, 0.15) is 23.7 Å². The molecule has 86 valence electrons. The molecule has 2 unspecified atom stereocenters. The van der Waals surface area contributed by atoms with Gasteiger partial charge < -0.3 is 19.7 Å². The third kappa shape index (κ3) is 1.56. The predicted octanol–water partition coefficient (Wildman–Crippen LogP) is 1.34. The number of hydrogen-bond acceptors (Lipinski definition) is 4. The number of fused-ring (bicyclic) bond motifs is 1. The first-order chi connectivity index (χ1) is 7.69. The van der Waals surface area contributed by atoms with Crippen LogP contribution in [0.25, 0.3) is 0 Å². The van der Waals surface area contributed by atoms with Crippen LogP contribution in [0.1, 0.15) is 23.3 Å². The van der Waals surface area contributed by atoms with Crippen molar-refractivity contribution >= 4 is 0 Å². The third-order valence-electron chi connectivity index (χ3n) is 2.71. The first-order valence-corrected chi connectivity index (χ1v) is 4.98. The molecular formula is C12H14O4. The van der Waals surface area contributed by atoms with Crippen LogP contribution < -0.4 is 9.47 Å². The quantitative estimate of drug-likeness (QED) is 0.741. The maximum atomic E-state index is 9.88. The number of rotatable bonds is 2. The van der Waals surface area contributed by atoms with Crippen LogP contribution in [0, 0.1) is 0 Å². The number of aliphatic hydroxyl groups is 2. The zero-order valence-corrected chi connectivity index (χ0v) is 9.18. The van der Waals surface area contributed by atoms with Gasteiger partial charge >= 0.3 is 0 Å². The van der Waals surface area contributed by atoms with Crippen LogP contribution in [0.5, 0.6) is 11.5 Å². The van der Waals surface area contributed by atoms with Gasteiger partial charge in [-0.15, -0.1) is 0 Å². The van der Waals surface area contributed by atoms with E-state index >= 15 is 0 Å². The molecule has 0 bridgehead atoms. The van der Waals surface area contributed by atoms with E-state index in [1.807, 2.05) is 0 Å². The number of aliphatic hydroxyl groups excluding tert-OH is 2. The van der Waals surface area contributed by atoms with Gasteiger partial charge in [0.05, 0.1) is 14.2 Å². The molecule has 0 fully saturated rings. The van der Waals surface area contributed by atoms with E-state index < -0.39 is 12.2 Å². The zero-order valence-electron chi connectivity index (χ0n) is 9.18. The Morgan fingerprint density at radius 3 is 1.56 bits per heavy atom. The molecule has 1 aliphatic carbocycles. The Morgan fingerprint density at radius 1 is 0.875 bits per heavy atom. The van der Waals surface area contributed by atoms with E-state index in [2.05, 4.69) is 0 Å². The Morgan fingerprint density at radius 2 is 1.25 bits per heavy atom. The minimum Gasteiger partial charge on any atom is -0.496 e. The molecule has 0 amide bonds. The highest BCUT2D eigenvalue weighted by Gasteiger charge is 2.27. The lowest BCUT2D eigenvalue weighted by Crippen LogP contribution is -2.12. The molecule has 0 radical (unpaired) electrons. The van der Waals surface area contributed by atoms with Gasteiger partial charge in [0, 0.05) is 11.1 Å². The van der Waals surface area contributed by atoms with E-state index in [1.165, 1.54) is 26.4 Å². The molecule has 0 aliphatic heterocycles. The molecule has 2 N–H and O–H groups in total. The lowest BCUT2D eigenvalue weighted by molar-refractivity contribution is 0.180. The van der Waals surface area contributed by atoms with Crippen molar-refractivity contribution in [2.75, 3.05) is 14.2 Å². The summed E-state index contributed by atoms with van der Waals surface area (Å²) in [7, 11) is 3.05. The van der Waals surface area contributed by atoms with Gasteiger partial charge in [-0.1, -0.05) is 12.2 Å². The molecule has 0 heterocycles. The molecule has 0 saturated carbocycles. The second-order valence-corrected chi connectivity index (χ2v) is 3.57. The lowest BCUT2D eigenvalue weighted by Gasteiger charge is -2.24. The first kappa shape index (κ1) is 11.0. The standard InChI is InChI=1S/C12H14O4/c1-15-9-5-6-10(16-2)12-8(14)4-3-7(13)11(9)12/h3-8,13-14H,1-2H3. The van der Waals surface area contributed by atoms with Gasteiger partial charge in [0.15, 0.2) is 0 Å². The minimum atomic E-state index is -0.775. The fourth-order valence-corrected chi connectivity index (χ4v) is 1.97. The van der Waals surface area contributed by atoms with Crippen molar-refractivity contribution < 1.29 is 19.7 Å². The van der Waals surface area contributed by atoms with Gasteiger partial charge in [-0.25, -0.2) is 0 Å². The van der Waals surface area contributed by atoms with Crippen molar-refractivity contribution in [1.29, 1.82) is 0 Å². The minimum absolute atomic E-state index is 0.548. The van der Waals surface area contributed by atoms with Crippen LogP contribution >= 0.6 is 0 Å².